The molecule has 5 aromatic rings. The standard InChI is InChI=1S/C40H37BrF3N7O5/c41-33-13-6-25(20-32(33)40(42,43)44)38(53)49-24-34-35(37(52)47-21-26-4-1-2-5-31(26)36-45-14-3-15-46-36)51(27-7-9-29(10-8-27)56-30-11-12-30)39(54)50(34)23-28(49)22-48-16-18-55-19-17-48/h1-10,13-15,20,28,30H,11-12,16-19,21-24H2,(H,47,52). The summed E-state index contributed by atoms with van der Waals surface area (Å²) in [4.78, 5) is 55.7. The Labute approximate surface area is 328 Å². The number of rotatable bonds is 10. The van der Waals surface area contributed by atoms with Crippen molar-refractivity contribution < 1.29 is 32.2 Å². The van der Waals surface area contributed by atoms with Crippen LogP contribution >= 0.6 is 15.9 Å². The third-order valence-electron chi connectivity index (χ3n) is 10.2. The molecule has 1 aliphatic carbocycles. The topological polar surface area (TPSA) is 124 Å². The van der Waals surface area contributed by atoms with E-state index < -0.39 is 35.3 Å². The van der Waals surface area contributed by atoms with Gasteiger partial charge in [-0.1, -0.05) is 40.2 Å². The van der Waals surface area contributed by atoms with Gasteiger partial charge in [0.05, 0.1) is 48.8 Å². The van der Waals surface area contributed by atoms with Gasteiger partial charge in [-0.2, -0.15) is 13.2 Å². The van der Waals surface area contributed by atoms with E-state index in [1.807, 2.05) is 24.3 Å². The Morgan fingerprint density at radius 1 is 0.964 bits per heavy atom. The lowest BCUT2D eigenvalue weighted by Gasteiger charge is -2.40. The SMILES string of the molecule is O=C(NCc1ccccc1-c1ncccn1)c1c2n(c(=O)n1-c1ccc(OC3CC3)cc1)CC(CN1CCOCC1)N(C(=O)c1ccc(Br)c(C(F)(F)F)c1)C2. The van der Waals surface area contributed by atoms with Crippen LogP contribution < -0.4 is 15.7 Å². The highest BCUT2D eigenvalue weighted by molar-refractivity contribution is 9.10. The molecule has 1 N–H and O–H groups in total. The number of ether oxygens (including phenoxy) is 2. The van der Waals surface area contributed by atoms with Gasteiger partial charge in [0.1, 0.15) is 11.4 Å². The Kier molecular flexibility index (Phi) is 10.5. The van der Waals surface area contributed by atoms with Crippen molar-refractivity contribution >= 4 is 27.7 Å². The lowest BCUT2D eigenvalue weighted by Crippen LogP contribution is -2.54. The number of aromatic nitrogens is 4. The molecule has 4 heterocycles. The van der Waals surface area contributed by atoms with E-state index in [0.717, 1.165) is 24.5 Å². The molecule has 1 saturated carbocycles. The van der Waals surface area contributed by atoms with E-state index in [1.54, 1.807) is 42.7 Å². The van der Waals surface area contributed by atoms with Gasteiger partial charge in [0.15, 0.2) is 5.82 Å². The van der Waals surface area contributed by atoms with Crippen LogP contribution in [0.1, 0.15) is 50.5 Å². The fraction of sp³-hybridized carbons (Fsp3) is 0.325. The smallest absolute Gasteiger partial charge is 0.417 e. The van der Waals surface area contributed by atoms with Gasteiger partial charge in [0, 0.05) is 60.7 Å². The summed E-state index contributed by atoms with van der Waals surface area (Å²) in [6.45, 7) is 2.30. The number of benzene rings is 3. The van der Waals surface area contributed by atoms with Crippen LogP contribution in [0.4, 0.5) is 13.2 Å². The monoisotopic (exact) mass is 831 g/mol. The molecule has 8 rings (SSSR count). The van der Waals surface area contributed by atoms with Crippen LogP contribution in [0.3, 0.4) is 0 Å². The molecule has 2 aromatic heterocycles. The largest absolute Gasteiger partial charge is 0.490 e. The van der Waals surface area contributed by atoms with Crippen LogP contribution in [-0.2, 0) is 30.5 Å². The molecule has 12 nitrogen and oxygen atoms in total. The van der Waals surface area contributed by atoms with Crippen molar-refractivity contribution in [2.24, 2.45) is 0 Å². The molecule has 1 atom stereocenters. The molecule has 16 heteroatoms. The third kappa shape index (κ3) is 7.86. The molecule has 2 aliphatic heterocycles. The van der Waals surface area contributed by atoms with E-state index in [4.69, 9.17) is 9.47 Å². The summed E-state index contributed by atoms with van der Waals surface area (Å²) in [5.74, 6) is -0.127. The summed E-state index contributed by atoms with van der Waals surface area (Å²) < 4.78 is 56.1. The van der Waals surface area contributed by atoms with Crippen molar-refractivity contribution in [1.29, 1.82) is 0 Å². The summed E-state index contributed by atoms with van der Waals surface area (Å²) in [6, 6.07) is 18.7. The number of nitrogens with one attached hydrogen (secondary N) is 1. The number of nitrogens with zero attached hydrogens (tertiary/aromatic N) is 6. The van der Waals surface area contributed by atoms with Crippen LogP contribution in [0.25, 0.3) is 17.1 Å². The van der Waals surface area contributed by atoms with Crippen molar-refractivity contribution in [3.05, 3.63) is 128 Å². The first-order valence-corrected chi connectivity index (χ1v) is 19.1. The molecule has 1 unspecified atom stereocenters. The first kappa shape index (κ1) is 37.6. The van der Waals surface area contributed by atoms with E-state index in [2.05, 4.69) is 36.1 Å². The normalized spacial score (nSPS) is 17.4. The summed E-state index contributed by atoms with van der Waals surface area (Å²) in [7, 11) is 0. The average Bonchev–Trinajstić information content (AvgIpc) is 3.98. The molecule has 3 aromatic carbocycles. The van der Waals surface area contributed by atoms with E-state index in [0.29, 0.717) is 55.7 Å². The second-order valence-electron chi connectivity index (χ2n) is 13.9. The van der Waals surface area contributed by atoms with Crippen molar-refractivity contribution in [1.82, 2.24) is 34.2 Å². The van der Waals surface area contributed by atoms with E-state index in [9.17, 15) is 27.6 Å². The molecular formula is C40H37BrF3N7O5. The number of halogens is 4. The van der Waals surface area contributed by atoms with Gasteiger partial charge in [0.2, 0.25) is 0 Å². The number of hydrogen-bond donors (Lipinski definition) is 1. The van der Waals surface area contributed by atoms with Crippen LogP contribution in [0.5, 0.6) is 5.75 Å². The average molecular weight is 833 g/mol. The number of morpholine rings is 1. The lowest BCUT2D eigenvalue weighted by molar-refractivity contribution is -0.138. The molecule has 2 amide bonds. The Balaban J connectivity index is 1.20. The fourth-order valence-corrected chi connectivity index (χ4v) is 7.64. The van der Waals surface area contributed by atoms with Gasteiger partial charge < -0.3 is 19.7 Å². The zero-order chi connectivity index (χ0) is 39.0. The maximum atomic E-state index is 14.5. The van der Waals surface area contributed by atoms with Gasteiger partial charge in [0.25, 0.3) is 11.8 Å². The van der Waals surface area contributed by atoms with Crippen LogP contribution in [-0.4, -0.2) is 85.7 Å². The Morgan fingerprint density at radius 3 is 2.41 bits per heavy atom. The number of carbonyl (C=O) groups is 2. The number of amides is 2. The number of alkyl halides is 3. The molecule has 2 fully saturated rings. The quantitative estimate of drug-likeness (QED) is 0.190. The van der Waals surface area contributed by atoms with Gasteiger partial charge in [-0.05, 0) is 66.9 Å². The van der Waals surface area contributed by atoms with E-state index in [-0.39, 0.29) is 47.2 Å². The summed E-state index contributed by atoms with van der Waals surface area (Å²) in [5, 5.41) is 2.98. The maximum Gasteiger partial charge on any atom is 0.417 e. The summed E-state index contributed by atoms with van der Waals surface area (Å²) in [6.07, 6.45) is 0.634. The zero-order valence-electron chi connectivity index (χ0n) is 30.0. The van der Waals surface area contributed by atoms with Gasteiger partial charge >= 0.3 is 11.9 Å². The molecule has 0 radical (unpaired) electrons. The Hall–Kier alpha value is -5.32. The molecule has 0 spiro atoms. The minimum absolute atomic E-state index is 0.00422. The van der Waals surface area contributed by atoms with Crippen molar-refractivity contribution in [3.8, 4) is 22.8 Å². The van der Waals surface area contributed by atoms with Gasteiger partial charge in [-0.25, -0.2) is 14.8 Å². The number of carbonyl (C=O) groups excluding carboxylic acids is 2. The van der Waals surface area contributed by atoms with Crippen molar-refractivity contribution in [2.45, 2.75) is 50.8 Å². The third-order valence-corrected chi connectivity index (χ3v) is 10.8. The molecule has 3 aliphatic rings. The van der Waals surface area contributed by atoms with Crippen molar-refractivity contribution in [3.63, 3.8) is 0 Å². The summed E-state index contributed by atoms with van der Waals surface area (Å²) >= 11 is 2.97. The Morgan fingerprint density at radius 2 is 1.70 bits per heavy atom. The highest BCUT2D eigenvalue weighted by Crippen LogP contribution is 2.36. The second kappa shape index (κ2) is 15.7. The first-order chi connectivity index (χ1) is 27.0. The molecule has 1 saturated heterocycles. The van der Waals surface area contributed by atoms with Crippen LogP contribution in [0.2, 0.25) is 0 Å². The minimum atomic E-state index is -4.71. The summed E-state index contributed by atoms with van der Waals surface area (Å²) in [5.41, 5.74) is 0.483. The predicted octanol–water partition coefficient (Wildman–Crippen LogP) is 5.71. The fourth-order valence-electron chi connectivity index (χ4n) is 7.17. The zero-order valence-corrected chi connectivity index (χ0v) is 31.6. The van der Waals surface area contributed by atoms with Gasteiger partial charge in [-0.3, -0.25) is 23.6 Å². The number of imidazole rings is 1. The van der Waals surface area contributed by atoms with Crippen LogP contribution in [0, 0.1) is 0 Å². The van der Waals surface area contributed by atoms with Crippen LogP contribution in [0.15, 0.2) is 94.5 Å². The highest BCUT2D eigenvalue weighted by Gasteiger charge is 2.39. The lowest BCUT2D eigenvalue weighted by atomic mass is 10.0. The van der Waals surface area contributed by atoms with Gasteiger partial charge in [-0.15, -0.1) is 0 Å². The Bertz CT molecular complexity index is 2310. The first-order valence-electron chi connectivity index (χ1n) is 18.3. The number of hydrogen-bond acceptors (Lipinski definition) is 8. The molecule has 290 valence electrons. The highest BCUT2D eigenvalue weighted by atomic mass is 79.9. The molecule has 0 bridgehead atoms. The van der Waals surface area contributed by atoms with E-state index >= 15 is 0 Å². The van der Waals surface area contributed by atoms with Crippen molar-refractivity contribution in [2.75, 3.05) is 32.8 Å². The molecule has 56 heavy (non-hydrogen) atoms. The maximum absolute atomic E-state index is 14.5. The minimum Gasteiger partial charge on any atom is -0.490 e. The molecular weight excluding hydrogens is 795 g/mol. The van der Waals surface area contributed by atoms with E-state index in [1.165, 1.54) is 26.2 Å². The predicted molar refractivity (Wildman–Crippen MR) is 202 cm³/mol. The second-order valence-corrected chi connectivity index (χ2v) is 14.8. The number of fused-ring (bicyclic) bond motifs is 1.